The fraction of sp³-hybridized carbons (Fsp3) is 0.588. The van der Waals surface area contributed by atoms with Gasteiger partial charge in [-0.1, -0.05) is 51.8 Å². The molecule has 1 aliphatic rings. The van der Waals surface area contributed by atoms with Crippen molar-refractivity contribution in [1.82, 2.24) is 5.32 Å². The molecule has 0 saturated heterocycles. The maximum Gasteiger partial charge on any atom is 0.251 e. The molecule has 0 aromatic heterocycles. The molecule has 1 saturated carbocycles. The SMILES string of the molecule is CC(C)(C)c1ccccc1C(=O)NC1CCCCC1O. The van der Waals surface area contributed by atoms with Gasteiger partial charge in [0, 0.05) is 5.56 Å². The number of rotatable bonds is 2. The Morgan fingerprint density at radius 2 is 1.85 bits per heavy atom. The van der Waals surface area contributed by atoms with E-state index < -0.39 is 6.10 Å². The lowest BCUT2D eigenvalue weighted by Gasteiger charge is -2.29. The molecule has 1 aromatic rings. The van der Waals surface area contributed by atoms with Crippen LogP contribution in [0.15, 0.2) is 24.3 Å². The number of hydrogen-bond acceptors (Lipinski definition) is 2. The van der Waals surface area contributed by atoms with Crippen molar-refractivity contribution >= 4 is 5.91 Å². The molecule has 20 heavy (non-hydrogen) atoms. The third-order valence-corrected chi connectivity index (χ3v) is 4.03. The van der Waals surface area contributed by atoms with Gasteiger partial charge in [0.05, 0.1) is 12.1 Å². The van der Waals surface area contributed by atoms with Crippen LogP contribution in [0.1, 0.15) is 62.4 Å². The highest BCUT2D eigenvalue weighted by molar-refractivity contribution is 5.96. The molecule has 2 N–H and O–H groups in total. The summed E-state index contributed by atoms with van der Waals surface area (Å²) < 4.78 is 0. The van der Waals surface area contributed by atoms with E-state index in [1.165, 1.54) is 0 Å². The van der Waals surface area contributed by atoms with Gasteiger partial charge in [0.25, 0.3) is 5.91 Å². The number of carbonyl (C=O) groups is 1. The first-order valence-electron chi connectivity index (χ1n) is 7.48. The second kappa shape index (κ2) is 5.96. The Balaban J connectivity index is 2.17. The lowest BCUT2D eigenvalue weighted by atomic mass is 9.83. The summed E-state index contributed by atoms with van der Waals surface area (Å²) in [6.45, 7) is 6.32. The van der Waals surface area contributed by atoms with Crippen molar-refractivity contribution in [2.45, 2.75) is 64.0 Å². The van der Waals surface area contributed by atoms with E-state index in [4.69, 9.17) is 0 Å². The summed E-state index contributed by atoms with van der Waals surface area (Å²) in [5.41, 5.74) is 1.69. The van der Waals surface area contributed by atoms with Crippen molar-refractivity contribution in [2.24, 2.45) is 0 Å². The van der Waals surface area contributed by atoms with E-state index in [0.717, 1.165) is 36.8 Å². The highest BCUT2D eigenvalue weighted by Crippen LogP contribution is 2.26. The van der Waals surface area contributed by atoms with Gasteiger partial charge in [-0.05, 0) is 29.9 Å². The minimum atomic E-state index is -0.408. The maximum atomic E-state index is 12.5. The normalized spacial score (nSPS) is 23.4. The quantitative estimate of drug-likeness (QED) is 0.871. The van der Waals surface area contributed by atoms with Crippen molar-refractivity contribution in [1.29, 1.82) is 0 Å². The average Bonchev–Trinajstić information content (AvgIpc) is 2.40. The Labute approximate surface area is 121 Å². The molecule has 2 rings (SSSR count). The van der Waals surface area contributed by atoms with Gasteiger partial charge in [0.1, 0.15) is 0 Å². The van der Waals surface area contributed by atoms with Crippen LogP contribution >= 0.6 is 0 Å². The van der Waals surface area contributed by atoms with Gasteiger partial charge >= 0.3 is 0 Å². The monoisotopic (exact) mass is 275 g/mol. The molecule has 110 valence electrons. The minimum Gasteiger partial charge on any atom is -0.391 e. The van der Waals surface area contributed by atoms with Crippen LogP contribution in [-0.4, -0.2) is 23.2 Å². The van der Waals surface area contributed by atoms with Crippen LogP contribution in [-0.2, 0) is 5.41 Å². The summed E-state index contributed by atoms with van der Waals surface area (Å²) in [5, 5.41) is 13.0. The zero-order chi connectivity index (χ0) is 14.8. The molecule has 1 amide bonds. The molecule has 1 aromatic carbocycles. The lowest BCUT2D eigenvalue weighted by Crippen LogP contribution is -2.45. The average molecular weight is 275 g/mol. The fourth-order valence-corrected chi connectivity index (χ4v) is 2.86. The highest BCUT2D eigenvalue weighted by Gasteiger charge is 2.27. The summed E-state index contributed by atoms with van der Waals surface area (Å²) in [7, 11) is 0. The Morgan fingerprint density at radius 3 is 2.50 bits per heavy atom. The van der Waals surface area contributed by atoms with Gasteiger partial charge < -0.3 is 10.4 Å². The highest BCUT2D eigenvalue weighted by atomic mass is 16.3. The fourth-order valence-electron chi connectivity index (χ4n) is 2.86. The van der Waals surface area contributed by atoms with Crippen molar-refractivity contribution in [2.75, 3.05) is 0 Å². The third kappa shape index (κ3) is 3.40. The third-order valence-electron chi connectivity index (χ3n) is 4.03. The number of nitrogens with one attached hydrogen (secondary N) is 1. The zero-order valence-corrected chi connectivity index (χ0v) is 12.6. The topological polar surface area (TPSA) is 49.3 Å². The predicted molar refractivity (Wildman–Crippen MR) is 80.9 cm³/mol. The number of benzene rings is 1. The summed E-state index contributed by atoms with van der Waals surface area (Å²) >= 11 is 0. The van der Waals surface area contributed by atoms with Gasteiger partial charge in [0.15, 0.2) is 0 Å². The molecular weight excluding hydrogens is 250 g/mol. The Hall–Kier alpha value is -1.35. The van der Waals surface area contributed by atoms with Crippen LogP contribution in [0, 0.1) is 0 Å². The van der Waals surface area contributed by atoms with Gasteiger partial charge in [-0.3, -0.25) is 4.79 Å². The molecule has 0 spiro atoms. The van der Waals surface area contributed by atoms with E-state index in [1.807, 2.05) is 24.3 Å². The first-order valence-corrected chi connectivity index (χ1v) is 7.48. The van der Waals surface area contributed by atoms with E-state index in [1.54, 1.807) is 0 Å². The number of amides is 1. The summed E-state index contributed by atoms with van der Waals surface area (Å²) in [5.74, 6) is -0.0681. The molecule has 0 aliphatic heterocycles. The van der Waals surface area contributed by atoms with Crippen LogP contribution < -0.4 is 5.32 Å². The van der Waals surface area contributed by atoms with Crippen LogP contribution in [0.3, 0.4) is 0 Å². The molecule has 0 radical (unpaired) electrons. The molecule has 3 nitrogen and oxygen atoms in total. The van der Waals surface area contributed by atoms with Crippen LogP contribution in [0.2, 0.25) is 0 Å². The van der Waals surface area contributed by atoms with Crippen molar-refractivity contribution < 1.29 is 9.90 Å². The second-order valence-electron chi connectivity index (χ2n) is 6.73. The van der Waals surface area contributed by atoms with E-state index in [9.17, 15) is 9.90 Å². The smallest absolute Gasteiger partial charge is 0.251 e. The molecule has 0 heterocycles. The molecule has 1 fully saturated rings. The Kier molecular flexibility index (Phi) is 4.48. The Bertz CT molecular complexity index is 476. The number of hydrogen-bond donors (Lipinski definition) is 2. The van der Waals surface area contributed by atoms with Crippen molar-refractivity contribution in [3.8, 4) is 0 Å². The zero-order valence-electron chi connectivity index (χ0n) is 12.6. The van der Waals surface area contributed by atoms with Crippen LogP contribution in [0.5, 0.6) is 0 Å². The summed E-state index contributed by atoms with van der Waals surface area (Å²) in [4.78, 5) is 12.5. The van der Waals surface area contributed by atoms with E-state index in [0.29, 0.717) is 0 Å². The standard InChI is InChI=1S/C17H25NO2/c1-17(2,3)13-9-5-4-8-12(13)16(20)18-14-10-6-7-11-15(14)19/h4-5,8-9,14-15,19H,6-7,10-11H2,1-3H3,(H,18,20). The van der Waals surface area contributed by atoms with Gasteiger partial charge in [-0.15, -0.1) is 0 Å². The Morgan fingerprint density at radius 1 is 1.20 bits per heavy atom. The predicted octanol–water partition coefficient (Wildman–Crippen LogP) is 3.02. The first kappa shape index (κ1) is 15.0. The lowest BCUT2D eigenvalue weighted by molar-refractivity contribution is 0.0716. The number of carbonyl (C=O) groups excluding carboxylic acids is 1. The van der Waals surface area contributed by atoms with E-state index in [-0.39, 0.29) is 17.4 Å². The molecular formula is C17H25NO2. The maximum absolute atomic E-state index is 12.5. The van der Waals surface area contributed by atoms with Crippen LogP contribution in [0.4, 0.5) is 0 Å². The molecule has 0 bridgehead atoms. The largest absolute Gasteiger partial charge is 0.391 e. The van der Waals surface area contributed by atoms with Crippen LogP contribution in [0.25, 0.3) is 0 Å². The summed E-state index contributed by atoms with van der Waals surface area (Å²) in [6.07, 6.45) is 3.36. The van der Waals surface area contributed by atoms with E-state index in [2.05, 4.69) is 26.1 Å². The minimum absolute atomic E-state index is 0.0681. The number of aliphatic hydroxyl groups excluding tert-OH is 1. The molecule has 2 unspecified atom stereocenters. The second-order valence-corrected chi connectivity index (χ2v) is 6.73. The van der Waals surface area contributed by atoms with Gasteiger partial charge in [-0.2, -0.15) is 0 Å². The first-order chi connectivity index (χ1) is 9.39. The van der Waals surface area contributed by atoms with Gasteiger partial charge in [-0.25, -0.2) is 0 Å². The van der Waals surface area contributed by atoms with Gasteiger partial charge in [0.2, 0.25) is 0 Å². The van der Waals surface area contributed by atoms with Crippen molar-refractivity contribution in [3.63, 3.8) is 0 Å². The molecule has 3 heteroatoms. The summed E-state index contributed by atoms with van der Waals surface area (Å²) in [6, 6.07) is 7.62. The molecule has 2 atom stereocenters. The molecule has 1 aliphatic carbocycles. The van der Waals surface area contributed by atoms with Crippen molar-refractivity contribution in [3.05, 3.63) is 35.4 Å². The van der Waals surface area contributed by atoms with E-state index >= 15 is 0 Å². The number of aliphatic hydroxyl groups is 1.